The number of nitrogens with zero attached hydrogens (tertiary/aromatic N) is 1. The van der Waals surface area contributed by atoms with Gasteiger partial charge in [-0.25, -0.2) is 9.78 Å². The zero-order chi connectivity index (χ0) is 15.4. The van der Waals surface area contributed by atoms with Crippen molar-refractivity contribution in [1.29, 1.82) is 0 Å². The van der Waals surface area contributed by atoms with Crippen LogP contribution in [-0.2, 0) is 0 Å². The molecule has 1 aromatic heterocycles. The lowest BCUT2D eigenvalue weighted by atomic mass is 10.2. The summed E-state index contributed by atoms with van der Waals surface area (Å²) in [6, 6.07) is 8.92. The maximum atomic E-state index is 12.0. The minimum absolute atomic E-state index is 0.0105. The number of hydrogen-bond acceptors (Lipinski definition) is 4. The summed E-state index contributed by atoms with van der Waals surface area (Å²) in [6.07, 6.45) is 0. The number of ether oxygens (including phenoxy) is 1. The van der Waals surface area contributed by atoms with Crippen LogP contribution in [0.25, 0.3) is 0 Å². The number of halogens is 1. The van der Waals surface area contributed by atoms with Gasteiger partial charge in [0.1, 0.15) is 22.2 Å². The number of aromatic carboxylic acids is 1. The fourth-order valence-corrected chi connectivity index (χ4v) is 1.84. The Bertz CT molecular complexity index is 703. The lowest BCUT2D eigenvalue weighted by Crippen LogP contribution is -2.14. The lowest BCUT2D eigenvalue weighted by molar-refractivity contribution is 0.0693. The van der Waals surface area contributed by atoms with E-state index in [1.807, 2.05) is 0 Å². The topological polar surface area (TPSA) is 88.5 Å². The van der Waals surface area contributed by atoms with Gasteiger partial charge < -0.3 is 15.2 Å². The van der Waals surface area contributed by atoms with E-state index in [0.717, 1.165) is 0 Å². The van der Waals surface area contributed by atoms with E-state index in [4.69, 9.17) is 21.4 Å². The molecule has 1 heterocycles. The number of carbonyl (C=O) groups is 2. The molecule has 21 heavy (non-hydrogen) atoms. The fourth-order valence-electron chi connectivity index (χ4n) is 1.68. The van der Waals surface area contributed by atoms with Crippen LogP contribution in [0.2, 0.25) is 5.15 Å². The van der Waals surface area contributed by atoms with Crippen molar-refractivity contribution in [3.8, 4) is 5.75 Å². The van der Waals surface area contributed by atoms with Crippen LogP contribution in [0, 0.1) is 0 Å². The highest BCUT2D eigenvalue weighted by Crippen LogP contribution is 2.23. The van der Waals surface area contributed by atoms with E-state index < -0.39 is 11.9 Å². The minimum Gasteiger partial charge on any atom is -0.496 e. The van der Waals surface area contributed by atoms with E-state index in [-0.39, 0.29) is 22.2 Å². The fraction of sp³-hybridized carbons (Fsp3) is 0.0714. The maximum absolute atomic E-state index is 12.0. The molecule has 1 aromatic carbocycles. The zero-order valence-electron chi connectivity index (χ0n) is 11.0. The first-order valence-corrected chi connectivity index (χ1v) is 6.24. The number of rotatable bonds is 4. The predicted octanol–water partition coefficient (Wildman–Crippen LogP) is 2.69. The number of nitrogens with one attached hydrogen (secondary N) is 1. The van der Waals surface area contributed by atoms with Crippen LogP contribution in [0.5, 0.6) is 5.75 Å². The van der Waals surface area contributed by atoms with Crippen LogP contribution in [0.3, 0.4) is 0 Å². The van der Waals surface area contributed by atoms with Gasteiger partial charge in [-0.15, -0.1) is 0 Å². The Morgan fingerprint density at radius 3 is 2.67 bits per heavy atom. The molecule has 0 saturated carbocycles. The second-order valence-corrected chi connectivity index (χ2v) is 4.41. The highest BCUT2D eigenvalue weighted by Gasteiger charge is 2.13. The van der Waals surface area contributed by atoms with Crippen LogP contribution in [0.4, 0.5) is 5.69 Å². The number of carbonyl (C=O) groups excluding carboxylic acids is 1. The maximum Gasteiger partial charge on any atom is 0.339 e. The van der Waals surface area contributed by atoms with Gasteiger partial charge >= 0.3 is 5.97 Å². The third kappa shape index (κ3) is 3.49. The molecule has 0 bridgehead atoms. The van der Waals surface area contributed by atoms with Gasteiger partial charge in [-0.05, 0) is 24.3 Å². The molecule has 0 saturated heterocycles. The number of carboxylic acids is 1. The quantitative estimate of drug-likeness (QED) is 0.848. The number of anilines is 1. The lowest BCUT2D eigenvalue weighted by Gasteiger charge is -2.09. The van der Waals surface area contributed by atoms with E-state index in [9.17, 15) is 9.59 Å². The SMILES string of the molecule is COc1cc(NC(=O)c2cccc(Cl)n2)ccc1C(=O)O. The van der Waals surface area contributed by atoms with Crippen LogP contribution >= 0.6 is 11.6 Å². The van der Waals surface area contributed by atoms with Gasteiger partial charge in [-0.2, -0.15) is 0 Å². The second kappa shape index (κ2) is 6.23. The summed E-state index contributed by atoms with van der Waals surface area (Å²) in [5.74, 6) is -1.41. The third-order valence-electron chi connectivity index (χ3n) is 2.64. The summed E-state index contributed by atoms with van der Waals surface area (Å²) < 4.78 is 4.98. The molecule has 2 N–H and O–H groups in total. The molecule has 0 aliphatic heterocycles. The normalized spacial score (nSPS) is 10.0. The van der Waals surface area contributed by atoms with Crippen LogP contribution < -0.4 is 10.1 Å². The number of aromatic nitrogens is 1. The predicted molar refractivity (Wildman–Crippen MR) is 77.2 cm³/mol. The summed E-state index contributed by atoms with van der Waals surface area (Å²) in [5, 5.41) is 11.8. The van der Waals surface area contributed by atoms with E-state index in [2.05, 4.69) is 10.3 Å². The molecule has 0 unspecified atom stereocenters. The standard InChI is InChI=1S/C14H11ClN2O4/c1-21-11-7-8(5-6-9(11)14(19)20)16-13(18)10-3-2-4-12(15)17-10/h2-7H,1H3,(H,16,18)(H,19,20). The Morgan fingerprint density at radius 1 is 1.29 bits per heavy atom. The second-order valence-electron chi connectivity index (χ2n) is 4.02. The average Bonchev–Trinajstić information content (AvgIpc) is 2.46. The number of carboxylic acid groups (broad SMARTS) is 1. The largest absolute Gasteiger partial charge is 0.496 e. The number of methoxy groups -OCH3 is 1. The van der Waals surface area contributed by atoms with E-state index in [1.165, 1.54) is 31.4 Å². The van der Waals surface area contributed by atoms with Gasteiger partial charge in [0.2, 0.25) is 0 Å². The zero-order valence-corrected chi connectivity index (χ0v) is 11.7. The molecule has 0 fully saturated rings. The van der Waals surface area contributed by atoms with Crippen molar-refractivity contribution >= 4 is 29.2 Å². The molecule has 1 amide bonds. The van der Waals surface area contributed by atoms with Crippen molar-refractivity contribution in [1.82, 2.24) is 4.98 Å². The summed E-state index contributed by atoms with van der Waals surface area (Å²) in [5.41, 5.74) is 0.559. The number of amides is 1. The summed E-state index contributed by atoms with van der Waals surface area (Å²) in [7, 11) is 1.35. The highest BCUT2D eigenvalue weighted by molar-refractivity contribution is 6.29. The third-order valence-corrected chi connectivity index (χ3v) is 2.85. The van der Waals surface area contributed by atoms with Gasteiger partial charge in [-0.3, -0.25) is 4.79 Å². The summed E-state index contributed by atoms with van der Waals surface area (Å²) in [6.45, 7) is 0. The molecule has 0 radical (unpaired) electrons. The first-order valence-electron chi connectivity index (χ1n) is 5.86. The molecule has 0 spiro atoms. The van der Waals surface area contributed by atoms with Crippen molar-refractivity contribution in [3.05, 3.63) is 52.8 Å². The average molecular weight is 307 g/mol. The Balaban J connectivity index is 2.24. The van der Waals surface area contributed by atoms with Crippen LogP contribution in [-0.4, -0.2) is 29.1 Å². The van der Waals surface area contributed by atoms with Gasteiger partial charge in [-0.1, -0.05) is 17.7 Å². The van der Waals surface area contributed by atoms with Crippen molar-refractivity contribution in [2.24, 2.45) is 0 Å². The van der Waals surface area contributed by atoms with Gasteiger partial charge in [0.15, 0.2) is 0 Å². The van der Waals surface area contributed by atoms with Gasteiger partial charge in [0.05, 0.1) is 7.11 Å². The van der Waals surface area contributed by atoms with Gasteiger partial charge in [0, 0.05) is 11.8 Å². The van der Waals surface area contributed by atoms with E-state index in [1.54, 1.807) is 12.1 Å². The molecular weight excluding hydrogens is 296 g/mol. The Morgan fingerprint density at radius 2 is 2.05 bits per heavy atom. The number of benzene rings is 1. The molecule has 108 valence electrons. The minimum atomic E-state index is -1.11. The van der Waals surface area contributed by atoms with E-state index in [0.29, 0.717) is 5.69 Å². The monoisotopic (exact) mass is 306 g/mol. The molecular formula is C14H11ClN2O4. The molecule has 7 heteroatoms. The number of hydrogen-bond donors (Lipinski definition) is 2. The number of pyridine rings is 1. The molecule has 2 rings (SSSR count). The molecule has 0 aliphatic carbocycles. The Kier molecular flexibility index (Phi) is 4.39. The smallest absolute Gasteiger partial charge is 0.339 e. The summed E-state index contributed by atoms with van der Waals surface area (Å²) >= 11 is 5.72. The molecule has 0 atom stereocenters. The molecule has 6 nitrogen and oxygen atoms in total. The highest BCUT2D eigenvalue weighted by atomic mass is 35.5. The van der Waals surface area contributed by atoms with Crippen LogP contribution in [0.1, 0.15) is 20.8 Å². The first-order chi connectivity index (χ1) is 10.0. The first kappa shape index (κ1) is 14.8. The van der Waals surface area contributed by atoms with E-state index >= 15 is 0 Å². The van der Waals surface area contributed by atoms with Crippen molar-refractivity contribution in [2.75, 3.05) is 12.4 Å². The Hall–Kier alpha value is -2.60. The van der Waals surface area contributed by atoms with Crippen molar-refractivity contribution < 1.29 is 19.4 Å². The van der Waals surface area contributed by atoms with Gasteiger partial charge in [0.25, 0.3) is 5.91 Å². The molecule has 0 aliphatic rings. The summed E-state index contributed by atoms with van der Waals surface area (Å²) in [4.78, 5) is 26.9. The van der Waals surface area contributed by atoms with Crippen molar-refractivity contribution in [2.45, 2.75) is 0 Å². The molecule has 2 aromatic rings. The Labute approximate surface area is 125 Å². The van der Waals surface area contributed by atoms with Crippen molar-refractivity contribution in [3.63, 3.8) is 0 Å². The van der Waals surface area contributed by atoms with Crippen LogP contribution in [0.15, 0.2) is 36.4 Å².